The summed E-state index contributed by atoms with van der Waals surface area (Å²) in [6.07, 6.45) is 2.86. The maximum Gasteiger partial charge on any atom is 0.222 e. The monoisotopic (exact) mass is 188 g/mol. The molecule has 1 unspecified atom stereocenters. The number of likely N-dealkylation sites (tertiary alicyclic amines) is 1. The molecule has 4 heteroatoms. The second kappa shape index (κ2) is 4.72. The zero-order valence-corrected chi connectivity index (χ0v) is 8.27. The highest BCUT2D eigenvalue weighted by atomic mass is 32.2. The number of rotatable bonds is 2. The molecule has 2 N–H and O–H groups in total. The van der Waals surface area contributed by atoms with Gasteiger partial charge in [0.25, 0.3) is 0 Å². The van der Waals surface area contributed by atoms with Crippen LogP contribution in [0.2, 0.25) is 0 Å². The molecule has 1 rings (SSSR count). The first kappa shape index (κ1) is 9.86. The van der Waals surface area contributed by atoms with Crippen molar-refractivity contribution in [2.75, 3.05) is 13.1 Å². The minimum Gasteiger partial charge on any atom is -0.342 e. The first-order valence-electron chi connectivity index (χ1n) is 4.41. The predicted molar refractivity (Wildman–Crippen MR) is 51.7 cm³/mol. The highest BCUT2D eigenvalue weighted by Crippen LogP contribution is 2.18. The Bertz CT molecular complexity index is 163. The molecule has 1 atom stereocenters. The van der Waals surface area contributed by atoms with E-state index in [1.807, 2.05) is 11.8 Å². The lowest BCUT2D eigenvalue weighted by Gasteiger charge is -2.31. The largest absolute Gasteiger partial charge is 0.342 e. The number of carbonyl (C=O) groups is 1. The molecule has 0 aromatic carbocycles. The summed E-state index contributed by atoms with van der Waals surface area (Å²) in [5.74, 6) is 0.258. The zero-order valence-electron chi connectivity index (χ0n) is 7.45. The zero-order chi connectivity index (χ0) is 8.97. The maximum atomic E-state index is 11.3. The Balaban J connectivity index is 2.40. The van der Waals surface area contributed by atoms with Gasteiger partial charge in [0.15, 0.2) is 0 Å². The van der Waals surface area contributed by atoms with Crippen molar-refractivity contribution >= 4 is 17.9 Å². The summed E-state index contributed by atoms with van der Waals surface area (Å²) in [4.78, 5) is 13.2. The summed E-state index contributed by atoms with van der Waals surface area (Å²) in [6, 6.07) is 0. The van der Waals surface area contributed by atoms with E-state index in [0.717, 1.165) is 25.9 Å². The number of hydrogen-bond donors (Lipinski definition) is 1. The summed E-state index contributed by atoms with van der Waals surface area (Å²) >= 11 is 1.38. The van der Waals surface area contributed by atoms with Crippen molar-refractivity contribution in [1.82, 2.24) is 4.90 Å². The molecule has 1 heterocycles. The van der Waals surface area contributed by atoms with Gasteiger partial charge in [-0.25, -0.2) is 0 Å². The van der Waals surface area contributed by atoms with Crippen LogP contribution in [0.15, 0.2) is 0 Å². The van der Waals surface area contributed by atoms with Crippen molar-refractivity contribution in [2.24, 2.45) is 5.14 Å². The first-order valence-corrected chi connectivity index (χ1v) is 5.35. The van der Waals surface area contributed by atoms with Crippen LogP contribution in [0.1, 0.15) is 26.2 Å². The molecule has 1 aliphatic heterocycles. The van der Waals surface area contributed by atoms with Gasteiger partial charge in [-0.05, 0) is 12.8 Å². The fourth-order valence-electron chi connectivity index (χ4n) is 1.50. The summed E-state index contributed by atoms with van der Waals surface area (Å²) in [5.41, 5.74) is 0. The van der Waals surface area contributed by atoms with Gasteiger partial charge in [0.2, 0.25) is 5.91 Å². The minimum atomic E-state index is 0.258. The number of amides is 1. The Morgan fingerprint density at radius 3 is 3.08 bits per heavy atom. The van der Waals surface area contributed by atoms with Gasteiger partial charge in [0.1, 0.15) is 0 Å². The number of nitrogens with two attached hydrogens (primary N) is 1. The van der Waals surface area contributed by atoms with Gasteiger partial charge >= 0.3 is 0 Å². The van der Waals surface area contributed by atoms with Crippen LogP contribution in [-0.2, 0) is 4.79 Å². The molecule has 0 spiro atoms. The van der Waals surface area contributed by atoms with Crippen LogP contribution >= 0.6 is 11.9 Å². The molecule has 0 aliphatic carbocycles. The summed E-state index contributed by atoms with van der Waals surface area (Å²) in [7, 11) is 0. The standard InChI is InChI=1S/C8H16N2OS/c1-2-8(11)10-5-3-4-7(6-10)12-9/h7H,2-6,9H2,1H3. The van der Waals surface area contributed by atoms with Crippen molar-refractivity contribution < 1.29 is 4.79 Å². The highest BCUT2D eigenvalue weighted by Gasteiger charge is 2.21. The van der Waals surface area contributed by atoms with Crippen LogP contribution in [0.3, 0.4) is 0 Å². The average Bonchev–Trinajstić information content (AvgIpc) is 2.17. The number of nitrogens with zero attached hydrogens (tertiary/aromatic N) is 1. The van der Waals surface area contributed by atoms with E-state index in [0.29, 0.717) is 11.7 Å². The molecule has 1 aliphatic rings. The van der Waals surface area contributed by atoms with Crippen LogP contribution in [-0.4, -0.2) is 29.1 Å². The lowest BCUT2D eigenvalue weighted by atomic mass is 10.1. The van der Waals surface area contributed by atoms with Crippen molar-refractivity contribution in [3.63, 3.8) is 0 Å². The molecule has 3 nitrogen and oxygen atoms in total. The maximum absolute atomic E-state index is 11.3. The fraction of sp³-hybridized carbons (Fsp3) is 0.875. The van der Waals surface area contributed by atoms with Gasteiger partial charge in [0.05, 0.1) is 0 Å². The van der Waals surface area contributed by atoms with Crippen LogP contribution in [0.4, 0.5) is 0 Å². The number of piperidine rings is 1. The van der Waals surface area contributed by atoms with Gasteiger partial charge in [-0.15, -0.1) is 0 Å². The second-order valence-corrected chi connectivity index (χ2v) is 4.03. The third kappa shape index (κ3) is 2.38. The van der Waals surface area contributed by atoms with Gasteiger partial charge in [-0.2, -0.15) is 0 Å². The molecule has 1 fully saturated rings. The fourth-order valence-corrected chi connectivity index (χ4v) is 2.07. The van der Waals surface area contributed by atoms with E-state index in [1.165, 1.54) is 11.9 Å². The molecule has 0 radical (unpaired) electrons. The van der Waals surface area contributed by atoms with E-state index in [2.05, 4.69) is 0 Å². The molecule has 1 amide bonds. The highest BCUT2D eigenvalue weighted by molar-refractivity contribution is 7.97. The average molecular weight is 188 g/mol. The van der Waals surface area contributed by atoms with E-state index in [4.69, 9.17) is 5.14 Å². The van der Waals surface area contributed by atoms with Crippen molar-refractivity contribution in [2.45, 2.75) is 31.4 Å². The lowest BCUT2D eigenvalue weighted by molar-refractivity contribution is -0.131. The van der Waals surface area contributed by atoms with E-state index < -0.39 is 0 Å². The van der Waals surface area contributed by atoms with E-state index in [9.17, 15) is 4.79 Å². The Hall–Kier alpha value is -0.220. The third-order valence-electron chi connectivity index (χ3n) is 2.23. The Morgan fingerprint density at radius 1 is 1.75 bits per heavy atom. The van der Waals surface area contributed by atoms with Crippen LogP contribution < -0.4 is 5.14 Å². The van der Waals surface area contributed by atoms with E-state index in [1.54, 1.807) is 0 Å². The van der Waals surface area contributed by atoms with E-state index in [-0.39, 0.29) is 5.91 Å². The summed E-state index contributed by atoms with van der Waals surface area (Å²) in [6.45, 7) is 3.67. The second-order valence-electron chi connectivity index (χ2n) is 3.09. The van der Waals surface area contributed by atoms with Crippen LogP contribution in [0.25, 0.3) is 0 Å². The van der Waals surface area contributed by atoms with Crippen molar-refractivity contribution in [1.29, 1.82) is 0 Å². The topological polar surface area (TPSA) is 46.3 Å². The molecule has 0 aromatic rings. The van der Waals surface area contributed by atoms with Gasteiger partial charge in [0, 0.05) is 24.8 Å². The Morgan fingerprint density at radius 2 is 2.50 bits per heavy atom. The first-order chi connectivity index (χ1) is 5.77. The van der Waals surface area contributed by atoms with Crippen LogP contribution in [0, 0.1) is 0 Å². The molecular formula is C8H16N2OS. The molecule has 1 saturated heterocycles. The number of hydrogen-bond acceptors (Lipinski definition) is 3. The summed E-state index contributed by atoms with van der Waals surface area (Å²) < 4.78 is 0. The van der Waals surface area contributed by atoms with Gasteiger partial charge < -0.3 is 4.90 Å². The van der Waals surface area contributed by atoms with Crippen LogP contribution in [0.5, 0.6) is 0 Å². The Kier molecular flexibility index (Phi) is 3.88. The predicted octanol–water partition coefficient (Wildman–Crippen LogP) is 0.994. The molecule has 12 heavy (non-hydrogen) atoms. The molecule has 70 valence electrons. The van der Waals surface area contributed by atoms with E-state index >= 15 is 0 Å². The Labute approximate surface area is 77.8 Å². The minimum absolute atomic E-state index is 0.258. The number of carbonyl (C=O) groups excluding carboxylic acids is 1. The SMILES string of the molecule is CCC(=O)N1CCCC(SN)C1. The van der Waals surface area contributed by atoms with Crippen molar-refractivity contribution in [3.05, 3.63) is 0 Å². The van der Waals surface area contributed by atoms with Gasteiger partial charge in [-0.1, -0.05) is 18.9 Å². The quantitative estimate of drug-likeness (QED) is 0.657. The lowest BCUT2D eigenvalue weighted by Crippen LogP contribution is -2.41. The van der Waals surface area contributed by atoms with Crippen molar-refractivity contribution in [3.8, 4) is 0 Å². The smallest absolute Gasteiger partial charge is 0.222 e. The third-order valence-corrected chi connectivity index (χ3v) is 3.00. The normalized spacial score (nSPS) is 24.2. The molecule has 0 saturated carbocycles. The summed E-state index contributed by atoms with van der Waals surface area (Å²) in [5, 5.41) is 5.94. The van der Waals surface area contributed by atoms with Gasteiger partial charge in [-0.3, -0.25) is 9.93 Å². The molecular weight excluding hydrogens is 172 g/mol. The molecule has 0 aromatic heterocycles. The molecule has 0 bridgehead atoms.